The molecule has 0 aromatic heterocycles. The summed E-state index contributed by atoms with van der Waals surface area (Å²) in [4.78, 5) is 0. The zero-order valence-electron chi connectivity index (χ0n) is 10.5. The van der Waals surface area contributed by atoms with Gasteiger partial charge in [0.05, 0.1) is 0 Å². The van der Waals surface area contributed by atoms with Crippen LogP contribution in [0.25, 0.3) is 0 Å². The molecule has 0 spiro atoms. The maximum atomic E-state index is 7.96. The Morgan fingerprint density at radius 3 is 0.550 bits per heavy atom. The number of aliphatic hydroxyl groups excluding tert-OH is 2. The Balaban J connectivity index is -0.00000000231. The van der Waals surface area contributed by atoms with Crippen LogP contribution in [0.3, 0.4) is 0 Å². The predicted octanol–water partition coefficient (Wildman–Crippen LogP) is -11.0. The van der Waals surface area contributed by atoms with Crippen LogP contribution in [0.5, 0.6) is 0 Å². The van der Waals surface area contributed by atoms with Crippen molar-refractivity contribution in [2.75, 3.05) is 0 Å². The molecular weight excluding hydrogens is 1650 g/mol. The van der Waals surface area contributed by atoms with E-state index in [0.29, 0.717) is 0 Å². The van der Waals surface area contributed by atoms with Crippen LogP contribution in [0, 0.1) is 0 Å². The summed E-state index contributed by atoms with van der Waals surface area (Å²) < 4.78 is 0. The third-order valence-electron chi connectivity index (χ3n) is 0.422. The Bertz CT molecular complexity index is 58.1. The first-order valence-corrected chi connectivity index (χ1v) is 1.85. The van der Waals surface area contributed by atoms with Crippen molar-refractivity contribution in [1.29, 1.82) is 0 Å². The second-order valence-electron chi connectivity index (χ2n) is 1.20. The molecule has 16 N–H and O–H groups in total. The topological polar surface area (TPSA) is 270 Å². The van der Waals surface area contributed by atoms with Gasteiger partial charge in [-0.05, 0) is 0 Å². The van der Waals surface area contributed by atoms with E-state index in [0.717, 1.165) is 0 Å². The second-order valence-corrected chi connectivity index (χ2v) is 1.20. The van der Waals surface area contributed by atoms with Crippen LogP contribution >= 0.6 is 0 Å². The minimum Gasteiger partial charge on any atom is 0 e. The van der Waals surface area contributed by atoms with Crippen LogP contribution in [0.15, 0.2) is 0 Å². The van der Waals surface area contributed by atoms with Crippen LogP contribution in [0.1, 0.15) is 6.42 Å². The summed E-state index contributed by atoms with van der Waals surface area (Å²) >= 11 is 0. The third-order valence-corrected chi connectivity index (χ3v) is 0.422. The van der Waals surface area contributed by atoms with Crippen LogP contribution in [-0.4, -0.2) is 257 Å². The van der Waals surface area contributed by atoms with Gasteiger partial charge in [-0.25, -0.2) is 0 Å². The Labute approximate surface area is 258 Å². The fourth-order valence-electron chi connectivity index (χ4n) is 0.189. The normalized spacial score (nSPS) is 3.90. The predicted molar refractivity (Wildman–Crippen MR) is 90.0 cm³/mol. The largest absolute Gasteiger partial charge is 0 e. The van der Waals surface area contributed by atoms with Gasteiger partial charge in [0, 0.05) is 61.0 Å². The minimum absolute atomic E-state index is 0. The van der Waals surface area contributed by atoms with E-state index in [4.69, 9.17) is 20.4 Å². The molecule has 0 fully saturated rings. The standard InChI is InChI=1S/C3H8O4.6H2O.7Pb.5H/c4-2(5)1-3(6)7;;;;;;;;;;;;;;;;;;/h2-7H,1H2;6*1H2;;;;;;;;;;;;. The van der Waals surface area contributed by atoms with Gasteiger partial charge in [0.2, 0.25) is 0 Å². The molecule has 0 atom stereocenters. The first-order valence-electron chi connectivity index (χ1n) is 1.85. The first-order chi connectivity index (χ1) is 3.13. The van der Waals surface area contributed by atoms with Gasteiger partial charge >= 0.3 is 136 Å². The van der Waals surface area contributed by atoms with Crippen molar-refractivity contribution < 1.29 is 53.3 Å². The van der Waals surface area contributed by atoms with Gasteiger partial charge < -0.3 is 53.3 Å². The summed E-state index contributed by atoms with van der Waals surface area (Å²) in [5.74, 6) is 0. The maximum absolute atomic E-state index is 7.96. The second kappa shape index (κ2) is 85.1. The SMILES string of the molecule is O.O.O.O.O.O.OC(O)CC(O)O.[PbH].[PbH].[PbH].[PbH].[PbH].[Pb].[Pb]. The maximum Gasteiger partial charge on any atom is 0 e. The molecule has 20 heavy (non-hydrogen) atoms. The minimum atomic E-state index is -1.63. The molecule has 0 unspecified atom stereocenters. The number of hydrogen-bond donors (Lipinski definition) is 4. The molecule has 0 aromatic rings. The van der Waals surface area contributed by atoms with Crippen LogP contribution in [0.4, 0.5) is 0 Å². The van der Waals surface area contributed by atoms with Gasteiger partial charge in [0.15, 0.2) is 12.6 Å². The van der Waals surface area contributed by atoms with Crippen molar-refractivity contribution >= 4 is 191 Å². The molecule has 125 valence electrons. The summed E-state index contributed by atoms with van der Waals surface area (Å²) in [7, 11) is 0. The molecule has 0 aliphatic rings. The number of rotatable bonds is 2. The monoisotopic (exact) mass is 1680 g/mol. The fourth-order valence-corrected chi connectivity index (χ4v) is 0.189. The van der Waals surface area contributed by atoms with Gasteiger partial charge in [-0.15, -0.1) is 0 Å². The fraction of sp³-hybridized carbons (Fsp3) is 1.00. The van der Waals surface area contributed by atoms with E-state index in [2.05, 4.69) is 0 Å². The average Bonchev–Trinajstić information content (AvgIpc) is 1.27. The molecule has 0 saturated carbocycles. The summed E-state index contributed by atoms with van der Waals surface area (Å²) in [6, 6.07) is 0. The van der Waals surface area contributed by atoms with Gasteiger partial charge in [-0.2, -0.15) is 0 Å². The van der Waals surface area contributed by atoms with Crippen LogP contribution < -0.4 is 0 Å². The van der Waals surface area contributed by atoms with Crippen molar-refractivity contribution in [1.82, 2.24) is 0 Å². The first kappa shape index (κ1) is 113. The Hall–Kier alpha value is 6.05. The van der Waals surface area contributed by atoms with E-state index < -0.39 is 19.0 Å². The van der Waals surface area contributed by atoms with Crippen molar-refractivity contribution in [2.24, 2.45) is 0 Å². The molecule has 0 amide bonds. The van der Waals surface area contributed by atoms with Gasteiger partial charge in [0.25, 0.3) is 0 Å². The molecule has 0 aliphatic carbocycles. The van der Waals surface area contributed by atoms with Gasteiger partial charge in [-0.1, -0.05) is 0 Å². The van der Waals surface area contributed by atoms with Crippen molar-refractivity contribution in [3.05, 3.63) is 0 Å². The Morgan fingerprint density at radius 2 is 0.550 bits per heavy atom. The average molecular weight is 1670 g/mol. The third kappa shape index (κ3) is 126. The molecule has 23 radical (unpaired) electrons. The van der Waals surface area contributed by atoms with Crippen molar-refractivity contribution in [3.63, 3.8) is 0 Å². The summed E-state index contributed by atoms with van der Waals surface area (Å²) in [5, 5.41) is 31.8. The van der Waals surface area contributed by atoms with E-state index in [-0.39, 0.29) is 224 Å². The van der Waals surface area contributed by atoms with E-state index >= 15 is 0 Å². The van der Waals surface area contributed by atoms with Crippen LogP contribution in [-0.2, 0) is 0 Å². The van der Waals surface area contributed by atoms with E-state index in [1.165, 1.54) is 0 Å². The van der Waals surface area contributed by atoms with E-state index in [9.17, 15) is 0 Å². The van der Waals surface area contributed by atoms with E-state index in [1.807, 2.05) is 0 Å². The van der Waals surface area contributed by atoms with Gasteiger partial charge in [0.1, 0.15) is 0 Å². The zero-order chi connectivity index (χ0) is 5.86. The van der Waals surface area contributed by atoms with Gasteiger partial charge in [-0.3, -0.25) is 0 Å². The molecule has 17 heteroatoms. The molecule has 0 saturated heterocycles. The van der Waals surface area contributed by atoms with E-state index in [1.54, 1.807) is 0 Å². The number of hydrogen-bond acceptors (Lipinski definition) is 4. The van der Waals surface area contributed by atoms with Crippen molar-refractivity contribution in [3.8, 4) is 0 Å². The summed E-state index contributed by atoms with van der Waals surface area (Å²) in [6.45, 7) is 0. The quantitative estimate of drug-likeness (QED) is 0.155. The molecule has 0 aliphatic heterocycles. The Morgan fingerprint density at radius 1 is 0.450 bits per heavy atom. The molecule has 0 aromatic carbocycles. The number of aliphatic hydroxyl groups is 4. The Kier molecular flexibility index (Phi) is 479. The van der Waals surface area contributed by atoms with Crippen LogP contribution in [0.2, 0.25) is 0 Å². The summed E-state index contributed by atoms with van der Waals surface area (Å²) in [5.41, 5.74) is 0. The molecule has 0 heterocycles. The summed E-state index contributed by atoms with van der Waals surface area (Å²) in [6.07, 6.45) is -3.67. The smallest absolute Gasteiger partial charge is 0 e. The zero-order valence-corrected chi connectivity index (χ0v) is 40.8. The molecular formula is C3H25O10Pb7. The molecule has 0 bridgehead atoms. The van der Waals surface area contributed by atoms with Crippen molar-refractivity contribution in [2.45, 2.75) is 19.0 Å². The molecule has 10 nitrogen and oxygen atoms in total. The molecule has 0 rings (SSSR count).